The fraction of sp³-hybridized carbons (Fsp3) is 0.696. The van der Waals surface area contributed by atoms with Gasteiger partial charge in [0, 0.05) is 11.6 Å². The molecule has 2 rings (SSSR count). The van der Waals surface area contributed by atoms with Gasteiger partial charge in [0.1, 0.15) is 6.04 Å². The Kier molecular flexibility index (Phi) is 11.9. The molecule has 1 aromatic heterocycles. The lowest BCUT2D eigenvalue weighted by atomic mass is 9.77. The molecule has 0 spiro atoms. The Balaban J connectivity index is 2.24. The second-order valence-corrected chi connectivity index (χ2v) is 9.95. The summed E-state index contributed by atoms with van der Waals surface area (Å²) in [6.07, 6.45) is 6.85. The Hall–Kier alpha value is -2.73. The van der Waals surface area contributed by atoms with Gasteiger partial charge in [-0.15, -0.1) is 11.3 Å². The average molecular weight is 512 g/mol. The number of hydrogen-bond acceptors (Lipinski definition) is 8. The third kappa shape index (κ3) is 9.10. The third-order valence-corrected chi connectivity index (χ3v) is 6.87. The smallest absolute Gasteiger partial charge is 0.407 e. The highest BCUT2D eigenvalue weighted by Gasteiger charge is 2.38. The number of amides is 4. The van der Waals surface area contributed by atoms with Crippen LogP contribution in [0.4, 0.5) is 9.93 Å². The Bertz CT molecular complexity index is 815. The van der Waals surface area contributed by atoms with Crippen LogP contribution in [0, 0.1) is 17.8 Å². The number of ether oxygens (including phenoxy) is 1. The molecule has 1 aromatic rings. The molecule has 3 atom stereocenters. The summed E-state index contributed by atoms with van der Waals surface area (Å²) < 4.78 is 4.86. The van der Waals surface area contributed by atoms with Crippen LogP contribution in [-0.4, -0.2) is 64.8 Å². The van der Waals surface area contributed by atoms with Crippen LogP contribution >= 0.6 is 11.3 Å². The van der Waals surface area contributed by atoms with Crippen molar-refractivity contribution in [3.8, 4) is 0 Å². The zero-order chi connectivity index (χ0) is 25.8. The first kappa shape index (κ1) is 28.5. The Morgan fingerprint density at radius 2 is 1.97 bits per heavy atom. The summed E-state index contributed by atoms with van der Waals surface area (Å²) in [7, 11) is 0. The van der Waals surface area contributed by atoms with Gasteiger partial charge in [0.25, 0.3) is 5.91 Å². The number of hydroxylamine groups is 2. The summed E-state index contributed by atoms with van der Waals surface area (Å²) in [5.41, 5.74) is 0. The first-order valence-corrected chi connectivity index (χ1v) is 13.0. The molecule has 0 saturated heterocycles. The van der Waals surface area contributed by atoms with Gasteiger partial charge in [-0.3, -0.25) is 19.6 Å². The molecule has 196 valence electrons. The molecule has 1 fully saturated rings. The minimum absolute atomic E-state index is 0.158. The third-order valence-electron chi connectivity index (χ3n) is 6.18. The van der Waals surface area contributed by atoms with Crippen molar-refractivity contribution in [3.63, 3.8) is 0 Å². The lowest BCUT2D eigenvalue weighted by Gasteiger charge is -2.36. The van der Waals surface area contributed by atoms with Gasteiger partial charge in [-0.1, -0.05) is 46.0 Å². The number of carbonyl (C=O) groups is 4. The molecule has 1 saturated carbocycles. The standard InChI is InChI=1S/C23H37N5O6S/c1-4-34-23(32)25-13-18(21(31)27-22-24-10-11-35-22)26-20(30)17(12-16-8-6-5-7-9-16)19(15(2)3)28(33)14-29/h10-11,14-19,33H,4-9,12-13H2,1-3H3,(H,25,32)(H,26,30)(H,24,27,31)/t17-,18+,19+/m1/s1. The van der Waals surface area contributed by atoms with Crippen LogP contribution in [-0.2, 0) is 19.1 Å². The molecule has 12 heteroatoms. The number of nitrogens with one attached hydrogen (secondary N) is 3. The van der Waals surface area contributed by atoms with Crippen molar-refractivity contribution in [2.24, 2.45) is 17.8 Å². The van der Waals surface area contributed by atoms with E-state index in [9.17, 15) is 24.4 Å². The van der Waals surface area contributed by atoms with Gasteiger partial charge >= 0.3 is 6.09 Å². The van der Waals surface area contributed by atoms with Gasteiger partial charge in [0.2, 0.25) is 12.3 Å². The van der Waals surface area contributed by atoms with Crippen molar-refractivity contribution >= 4 is 40.8 Å². The van der Waals surface area contributed by atoms with Crippen LogP contribution in [0.5, 0.6) is 0 Å². The van der Waals surface area contributed by atoms with E-state index in [0.717, 1.165) is 32.1 Å². The SMILES string of the molecule is CCOC(=O)NC[C@H](NC(=O)[C@H](CC1CCCCC1)[C@H](C(C)C)N(O)C=O)C(=O)Nc1nccs1. The highest BCUT2D eigenvalue weighted by molar-refractivity contribution is 7.13. The van der Waals surface area contributed by atoms with E-state index in [0.29, 0.717) is 23.0 Å². The number of alkyl carbamates (subject to hydrolysis) is 1. The minimum atomic E-state index is -1.12. The van der Waals surface area contributed by atoms with Crippen LogP contribution in [0.3, 0.4) is 0 Å². The summed E-state index contributed by atoms with van der Waals surface area (Å²) in [6.45, 7) is 5.26. The van der Waals surface area contributed by atoms with Crippen molar-refractivity contribution < 1.29 is 29.1 Å². The topological polar surface area (TPSA) is 150 Å². The summed E-state index contributed by atoms with van der Waals surface area (Å²) in [4.78, 5) is 53.8. The van der Waals surface area contributed by atoms with E-state index < -0.39 is 35.9 Å². The van der Waals surface area contributed by atoms with Gasteiger partial charge in [0.15, 0.2) is 5.13 Å². The number of anilines is 1. The fourth-order valence-electron chi connectivity index (χ4n) is 4.54. The van der Waals surface area contributed by atoms with Gasteiger partial charge in [-0.05, 0) is 25.2 Å². The summed E-state index contributed by atoms with van der Waals surface area (Å²) in [5.74, 6) is -1.71. The van der Waals surface area contributed by atoms with E-state index >= 15 is 0 Å². The zero-order valence-corrected chi connectivity index (χ0v) is 21.4. The Labute approximate surface area is 210 Å². The number of hydrogen-bond donors (Lipinski definition) is 4. The van der Waals surface area contributed by atoms with E-state index in [4.69, 9.17) is 4.74 Å². The van der Waals surface area contributed by atoms with Crippen LogP contribution in [0.15, 0.2) is 11.6 Å². The number of aromatic nitrogens is 1. The van der Waals surface area contributed by atoms with Crippen LogP contribution in [0.1, 0.15) is 59.3 Å². The number of thiazole rings is 1. The molecule has 0 radical (unpaired) electrons. The van der Waals surface area contributed by atoms with E-state index in [1.807, 2.05) is 13.8 Å². The molecular weight excluding hydrogens is 474 g/mol. The first-order valence-electron chi connectivity index (χ1n) is 12.1. The van der Waals surface area contributed by atoms with Gasteiger partial charge in [0.05, 0.1) is 25.1 Å². The molecule has 11 nitrogen and oxygen atoms in total. The Morgan fingerprint density at radius 1 is 1.26 bits per heavy atom. The van der Waals surface area contributed by atoms with Gasteiger partial charge in [-0.25, -0.2) is 14.8 Å². The molecule has 1 aliphatic carbocycles. The van der Waals surface area contributed by atoms with E-state index in [-0.39, 0.29) is 25.0 Å². The highest BCUT2D eigenvalue weighted by atomic mass is 32.1. The highest BCUT2D eigenvalue weighted by Crippen LogP contribution is 2.33. The minimum Gasteiger partial charge on any atom is -0.450 e. The Morgan fingerprint density at radius 3 is 2.54 bits per heavy atom. The molecule has 0 aliphatic heterocycles. The molecular formula is C23H37N5O6S. The summed E-state index contributed by atoms with van der Waals surface area (Å²) >= 11 is 1.22. The monoisotopic (exact) mass is 511 g/mol. The lowest BCUT2D eigenvalue weighted by Crippen LogP contribution is -2.55. The quantitative estimate of drug-likeness (QED) is 0.181. The second kappa shape index (κ2) is 14.6. The maximum Gasteiger partial charge on any atom is 0.407 e. The van der Waals surface area contributed by atoms with E-state index in [2.05, 4.69) is 20.9 Å². The number of nitrogens with zero attached hydrogens (tertiary/aromatic N) is 2. The van der Waals surface area contributed by atoms with Crippen molar-refractivity contribution in [3.05, 3.63) is 11.6 Å². The zero-order valence-electron chi connectivity index (χ0n) is 20.6. The molecule has 35 heavy (non-hydrogen) atoms. The lowest BCUT2D eigenvalue weighted by molar-refractivity contribution is -0.174. The van der Waals surface area contributed by atoms with E-state index in [1.165, 1.54) is 17.5 Å². The molecule has 0 aromatic carbocycles. The fourth-order valence-corrected chi connectivity index (χ4v) is 5.07. The molecule has 0 unspecified atom stereocenters. The number of rotatable bonds is 13. The second-order valence-electron chi connectivity index (χ2n) is 9.06. The first-order chi connectivity index (χ1) is 16.8. The molecule has 1 heterocycles. The van der Waals surface area contributed by atoms with Crippen molar-refractivity contribution in [1.29, 1.82) is 0 Å². The largest absolute Gasteiger partial charge is 0.450 e. The maximum atomic E-state index is 13.6. The molecule has 4 N–H and O–H groups in total. The molecule has 1 aliphatic rings. The number of carbonyl (C=O) groups excluding carboxylic acids is 4. The molecule has 4 amide bonds. The summed E-state index contributed by atoms with van der Waals surface area (Å²) in [6, 6.07) is -1.89. The maximum absolute atomic E-state index is 13.6. The van der Waals surface area contributed by atoms with Crippen molar-refractivity contribution in [2.45, 2.75) is 71.4 Å². The average Bonchev–Trinajstić information content (AvgIpc) is 3.34. The molecule has 0 bridgehead atoms. The van der Waals surface area contributed by atoms with Crippen LogP contribution in [0.2, 0.25) is 0 Å². The van der Waals surface area contributed by atoms with Crippen molar-refractivity contribution in [1.82, 2.24) is 20.7 Å². The van der Waals surface area contributed by atoms with Gasteiger partial charge < -0.3 is 20.7 Å². The van der Waals surface area contributed by atoms with Gasteiger partial charge in [-0.2, -0.15) is 0 Å². The summed E-state index contributed by atoms with van der Waals surface area (Å²) in [5, 5.41) is 20.8. The predicted octanol–water partition coefficient (Wildman–Crippen LogP) is 2.77. The van der Waals surface area contributed by atoms with E-state index in [1.54, 1.807) is 12.3 Å². The van der Waals surface area contributed by atoms with Crippen molar-refractivity contribution in [2.75, 3.05) is 18.5 Å². The predicted molar refractivity (Wildman–Crippen MR) is 131 cm³/mol. The normalized spacial score (nSPS) is 16.6. The van der Waals surface area contributed by atoms with Crippen LogP contribution < -0.4 is 16.0 Å². The van der Waals surface area contributed by atoms with Crippen LogP contribution in [0.25, 0.3) is 0 Å².